The molecule has 16 heavy (non-hydrogen) atoms. The highest BCUT2D eigenvalue weighted by atomic mass is 32.2. The number of benzene rings is 1. The molecule has 0 heterocycles. The summed E-state index contributed by atoms with van der Waals surface area (Å²) >= 11 is 1.59. The quantitative estimate of drug-likeness (QED) is 0.617. The van der Waals surface area contributed by atoms with Crippen LogP contribution < -0.4 is 10.5 Å². The molecule has 0 spiro atoms. The summed E-state index contributed by atoms with van der Waals surface area (Å²) in [4.78, 5) is 0.219. The summed E-state index contributed by atoms with van der Waals surface area (Å²) < 4.78 is 26.1. The van der Waals surface area contributed by atoms with Gasteiger partial charge in [-0.3, -0.25) is 0 Å². The Labute approximate surface area is 101 Å². The maximum Gasteiger partial charge on any atom is 0.240 e. The lowest BCUT2D eigenvalue weighted by Gasteiger charge is -2.07. The second-order valence-corrected chi connectivity index (χ2v) is 6.16. The molecule has 0 amide bonds. The Hall–Kier alpha value is -0.720. The van der Waals surface area contributed by atoms with Crippen molar-refractivity contribution in [3.63, 3.8) is 0 Å². The summed E-state index contributed by atoms with van der Waals surface area (Å²) in [5.74, 6) is 0.751. The number of anilines is 1. The van der Waals surface area contributed by atoms with Crippen LogP contribution in [0.4, 0.5) is 5.69 Å². The van der Waals surface area contributed by atoms with Crippen LogP contribution in [0.2, 0.25) is 0 Å². The van der Waals surface area contributed by atoms with E-state index in [0.29, 0.717) is 12.2 Å². The van der Waals surface area contributed by atoms with Gasteiger partial charge in [-0.05, 0) is 30.9 Å². The summed E-state index contributed by atoms with van der Waals surface area (Å²) in [6, 6.07) is 4.75. The molecule has 1 aromatic carbocycles. The van der Waals surface area contributed by atoms with Crippen molar-refractivity contribution >= 4 is 27.5 Å². The molecule has 1 aromatic rings. The predicted molar refractivity (Wildman–Crippen MR) is 69.2 cm³/mol. The fourth-order valence-electron chi connectivity index (χ4n) is 1.15. The SMILES string of the molecule is CSCCNS(=O)(=O)c1ccc(C)c(N)c1. The second kappa shape index (κ2) is 5.56. The van der Waals surface area contributed by atoms with Crippen LogP contribution >= 0.6 is 11.8 Å². The Morgan fingerprint density at radius 2 is 2.12 bits per heavy atom. The topological polar surface area (TPSA) is 72.2 Å². The minimum atomic E-state index is -3.42. The molecule has 0 radical (unpaired) electrons. The maximum absolute atomic E-state index is 11.8. The first-order valence-electron chi connectivity index (χ1n) is 4.82. The molecule has 0 aromatic heterocycles. The van der Waals surface area contributed by atoms with E-state index in [0.717, 1.165) is 11.3 Å². The lowest BCUT2D eigenvalue weighted by molar-refractivity contribution is 0.584. The Morgan fingerprint density at radius 3 is 2.69 bits per heavy atom. The first-order chi connectivity index (χ1) is 7.47. The van der Waals surface area contributed by atoms with E-state index in [1.807, 2.05) is 13.2 Å². The van der Waals surface area contributed by atoms with Gasteiger partial charge in [0.05, 0.1) is 4.90 Å². The fraction of sp³-hybridized carbons (Fsp3) is 0.400. The largest absolute Gasteiger partial charge is 0.398 e. The minimum Gasteiger partial charge on any atom is -0.398 e. The highest BCUT2D eigenvalue weighted by molar-refractivity contribution is 7.98. The lowest BCUT2D eigenvalue weighted by Crippen LogP contribution is -2.26. The van der Waals surface area contributed by atoms with Crippen LogP contribution in [-0.2, 0) is 10.0 Å². The first-order valence-corrected chi connectivity index (χ1v) is 7.70. The number of rotatable bonds is 5. The molecule has 0 saturated heterocycles. The lowest BCUT2D eigenvalue weighted by atomic mass is 10.2. The van der Waals surface area contributed by atoms with E-state index in [-0.39, 0.29) is 4.90 Å². The van der Waals surface area contributed by atoms with Crippen LogP contribution in [0.3, 0.4) is 0 Å². The van der Waals surface area contributed by atoms with Gasteiger partial charge in [0.1, 0.15) is 0 Å². The second-order valence-electron chi connectivity index (χ2n) is 3.41. The molecule has 0 fully saturated rings. The number of nitrogens with one attached hydrogen (secondary N) is 1. The van der Waals surface area contributed by atoms with Crippen LogP contribution in [0.1, 0.15) is 5.56 Å². The van der Waals surface area contributed by atoms with E-state index in [1.165, 1.54) is 6.07 Å². The van der Waals surface area contributed by atoms with Gasteiger partial charge in [-0.15, -0.1) is 0 Å². The monoisotopic (exact) mass is 260 g/mol. The number of nitrogen functional groups attached to an aromatic ring is 1. The first kappa shape index (κ1) is 13.3. The molecule has 4 nitrogen and oxygen atoms in total. The molecule has 90 valence electrons. The van der Waals surface area contributed by atoms with Crippen molar-refractivity contribution < 1.29 is 8.42 Å². The molecule has 6 heteroatoms. The summed E-state index contributed by atoms with van der Waals surface area (Å²) in [6.45, 7) is 2.27. The van der Waals surface area contributed by atoms with E-state index >= 15 is 0 Å². The number of sulfonamides is 1. The van der Waals surface area contributed by atoms with Crippen LogP contribution in [0.5, 0.6) is 0 Å². The standard InChI is InChI=1S/C10H16N2O2S2/c1-8-3-4-9(7-10(8)11)16(13,14)12-5-6-15-2/h3-4,7,12H,5-6,11H2,1-2H3. The maximum atomic E-state index is 11.8. The van der Waals surface area contributed by atoms with Crippen molar-refractivity contribution in [1.29, 1.82) is 0 Å². The highest BCUT2D eigenvalue weighted by Gasteiger charge is 2.13. The molecule has 3 N–H and O–H groups in total. The Balaban J connectivity index is 2.86. The fourth-order valence-corrected chi connectivity index (χ4v) is 2.65. The zero-order valence-corrected chi connectivity index (χ0v) is 11.0. The number of hydrogen-bond acceptors (Lipinski definition) is 4. The molecular formula is C10H16N2O2S2. The van der Waals surface area contributed by atoms with Gasteiger partial charge in [0.2, 0.25) is 10.0 Å². The smallest absolute Gasteiger partial charge is 0.240 e. The van der Waals surface area contributed by atoms with Gasteiger partial charge in [0.15, 0.2) is 0 Å². The molecule has 1 rings (SSSR count). The van der Waals surface area contributed by atoms with Crippen molar-refractivity contribution in [3.05, 3.63) is 23.8 Å². The number of thioether (sulfide) groups is 1. The van der Waals surface area contributed by atoms with Gasteiger partial charge < -0.3 is 5.73 Å². The third kappa shape index (κ3) is 3.40. The molecule has 0 aliphatic carbocycles. The highest BCUT2D eigenvalue weighted by Crippen LogP contribution is 2.16. The third-order valence-electron chi connectivity index (χ3n) is 2.16. The van der Waals surface area contributed by atoms with Gasteiger partial charge in [0.25, 0.3) is 0 Å². The molecular weight excluding hydrogens is 244 g/mol. The van der Waals surface area contributed by atoms with E-state index in [4.69, 9.17) is 5.73 Å². The van der Waals surface area contributed by atoms with E-state index in [2.05, 4.69) is 4.72 Å². The van der Waals surface area contributed by atoms with Gasteiger partial charge in [-0.2, -0.15) is 11.8 Å². The molecule has 0 saturated carbocycles. The number of hydrogen-bond donors (Lipinski definition) is 2. The van der Waals surface area contributed by atoms with E-state index in [9.17, 15) is 8.42 Å². The Kier molecular flexibility index (Phi) is 4.64. The van der Waals surface area contributed by atoms with Crippen molar-refractivity contribution in [1.82, 2.24) is 4.72 Å². The number of nitrogens with two attached hydrogens (primary N) is 1. The van der Waals surface area contributed by atoms with Crippen molar-refractivity contribution in [2.45, 2.75) is 11.8 Å². The molecule has 0 aliphatic heterocycles. The summed E-state index contributed by atoms with van der Waals surface area (Å²) in [5.41, 5.74) is 7.05. The Bertz CT molecular complexity index is 458. The average Bonchev–Trinajstić information content (AvgIpc) is 2.22. The zero-order valence-electron chi connectivity index (χ0n) is 9.36. The van der Waals surface area contributed by atoms with Gasteiger partial charge in [0, 0.05) is 18.0 Å². The van der Waals surface area contributed by atoms with Crippen LogP contribution in [0.25, 0.3) is 0 Å². The third-order valence-corrected chi connectivity index (χ3v) is 4.23. The summed E-state index contributed by atoms with van der Waals surface area (Å²) in [7, 11) is -3.42. The Morgan fingerprint density at radius 1 is 1.44 bits per heavy atom. The molecule has 0 unspecified atom stereocenters. The molecule has 0 bridgehead atoms. The van der Waals surface area contributed by atoms with Crippen molar-refractivity contribution in [2.75, 3.05) is 24.3 Å². The molecule has 0 atom stereocenters. The average molecular weight is 260 g/mol. The van der Waals surface area contributed by atoms with Crippen molar-refractivity contribution in [2.24, 2.45) is 0 Å². The predicted octanol–water partition coefficient (Wildman–Crippen LogP) is 1.22. The molecule has 0 aliphatic rings. The van der Waals surface area contributed by atoms with Crippen LogP contribution in [0, 0.1) is 6.92 Å². The number of aryl methyl sites for hydroxylation is 1. The van der Waals surface area contributed by atoms with Gasteiger partial charge in [-0.1, -0.05) is 6.07 Å². The summed E-state index contributed by atoms with van der Waals surface area (Å²) in [5, 5.41) is 0. The van der Waals surface area contributed by atoms with Crippen molar-refractivity contribution in [3.8, 4) is 0 Å². The van der Waals surface area contributed by atoms with E-state index in [1.54, 1.807) is 23.9 Å². The van der Waals surface area contributed by atoms with Gasteiger partial charge in [-0.25, -0.2) is 13.1 Å². The van der Waals surface area contributed by atoms with Crippen LogP contribution in [0.15, 0.2) is 23.1 Å². The minimum absolute atomic E-state index is 0.219. The summed E-state index contributed by atoms with van der Waals surface area (Å²) in [6.07, 6.45) is 1.93. The van der Waals surface area contributed by atoms with E-state index < -0.39 is 10.0 Å². The van der Waals surface area contributed by atoms with Crippen LogP contribution in [-0.4, -0.2) is 27.0 Å². The normalized spacial score (nSPS) is 11.6. The van der Waals surface area contributed by atoms with Gasteiger partial charge >= 0.3 is 0 Å². The zero-order chi connectivity index (χ0) is 12.2.